The van der Waals surface area contributed by atoms with Crippen molar-refractivity contribution in [1.29, 1.82) is 5.26 Å². The number of hydrogen-bond donors (Lipinski definition) is 1. The lowest BCUT2D eigenvalue weighted by molar-refractivity contribution is -0.112. The highest BCUT2D eigenvalue weighted by molar-refractivity contribution is 6.35. The van der Waals surface area contributed by atoms with Gasteiger partial charge in [0.25, 0.3) is 5.91 Å². The van der Waals surface area contributed by atoms with Crippen LogP contribution in [0, 0.1) is 18.3 Å². The first-order valence-corrected chi connectivity index (χ1v) is 9.25. The summed E-state index contributed by atoms with van der Waals surface area (Å²) in [6, 6.07) is 15.3. The second-order valence-electron chi connectivity index (χ2n) is 5.91. The zero-order valence-electron chi connectivity index (χ0n) is 14.6. The molecule has 1 amide bonds. The van der Waals surface area contributed by atoms with Gasteiger partial charge in [-0.2, -0.15) is 5.26 Å². The van der Waals surface area contributed by atoms with Crippen LogP contribution in [0.4, 0.5) is 5.69 Å². The molecule has 0 aliphatic rings. The maximum Gasteiger partial charge on any atom is 0.266 e. The van der Waals surface area contributed by atoms with Crippen molar-refractivity contribution < 1.29 is 9.21 Å². The minimum Gasteiger partial charge on any atom is -0.457 e. The van der Waals surface area contributed by atoms with E-state index in [1.165, 1.54) is 6.08 Å². The average Bonchev–Trinajstić information content (AvgIpc) is 3.13. The zero-order chi connectivity index (χ0) is 20.3. The van der Waals surface area contributed by atoms with Crippen LogP contribution in [0.1, 0.15) is 11.3 Å². The molecule has 4 nitrogen and oxygen atoms in total. The van der Waals surface area contributed by atoms with E-state index in [1.54, 1.807) is 48.5 Å². The Morgan fingerprint density at radius 1 is 1.07 bits per heavy atom. The Bertz CT molecular complexity index is 1130. The lowest BCUT2D eigenvalue weighted by atomic mass is 10.2. The standard InChI is InChI=1S/C21H13Cl3N2O2/c1-12-2-4-15(10-19(12)24)26-21(27)13(11-25)8-16-5-7-20(28-16)17-9-14(22)3-6-18(17)23/h2-10H,1H3,(H,26,27). The number of carbonyl (C=O) groups excluding carboxylic acids is 1. The fourth-order valence-corrected chi connectivity index (χ4v) is 2.98. The van der Waals surface area contributed by atoms with Gasteiger partial charge in [0.05, 0.1) is 5.02 Å². The fraction of sp³-hybridized carbons (Fsp3) is 0.0476. The van der Waals surface area contributed by atoms with Gasteiger partial charge in [-0.1, -0.05) is 40.9 Å². The molecule has 140 valence electrons. The zero-order valence-corrected chi connectivity index (χ0v) is 16.9. The highest BCUT2D eigenvalue weighted by Gasteiger charge is 2.13. The van der Waals surface area contributed by atoms with Crippen molar-refractivity contribution in [1.82, 2.24) is 0 Å². The third-order valence-electron chi connectivity index (χ3n) is 3.90. The van der Waals surface area contributed by atoms with Crippen LogP contribution in [0.3, 0.4) is 0 Å². The lowest BCUT2D eigenvalue weighted by Crippen LogP contribution is -2.13. The van der Waals surface area contributed by atoms with Gasteiger partial charge in [0.2, 0.25) is 0 Å². The summed E-state index contributed by atoms with van der Waals surface area (Å²) in [7, 11) is 0. The van der Waals surface area contributed by atoms with Gasteiger partial charge in [-0.05, 0) is 55.0 Å². The van der Waals surface area contributed by atoms with Crippen molar-refractivity contribution in [3.63, 3.8) is 0 Å². The number of nitrogens with zero attached hydrogens (tertiary/aromatic N) is 1. The molecule has 7 heteroatoms. The molecular formula is C21H13Cl3N2O2. The normalized spacial score (nSPS) is 11.2. The Morgan fingerprint density at radius 3 is 2.57 bits per heavy atom. The molecule has 0 saturated heterocycles. The number of nitriles is 1. The van der Waals surface area contributed by atoms with Crippen molar-refractivity contribution in [3.8, 4) is 17.4 Å². The summed E-state index contributed by atoms with van der Waals surface area (Å²) in [6.07, 6.45) is 1.35. The first-order chi connectivity index (χ1) is 13.4. The topological polar surface area (TPSA) is 66.0 Å². The quantitative estimate of drug-likeness (QED) is 0.366. The molecule has 0 bridgehead atoms. The lowest BCUT2D eigenvalue weighted by Gasteiger charge is -2.06. The number of amides is 1. The number of halogens is 3. The van der Waals surface area contributed by atoms with E-state index in [4.69, 9.17) is 39.2 Å². The number of furan rings is 1. The van der Waals surface area contributed by atoms with Crippen LogP contribution in [0.2, 0.25) is 15.1 Å². The number of hydrogen-bond acceptors (Lipinski definition) is 3. The van der Waals surface area contributed by atoms with Gasteiger partial charge in [-0.3, -0.25) is 4.79 Å². The van der Waals surface area contributed by atoms with E-state index in [0.717, 1.165) is 5.56 Å². The second kappa shape index (κ2) is 8.53. The summed E-state index contributed by atoms with van der Waals surface area (Å²) < 4.78 is 5.70. The summed E-state index contributed by atoms with van der Waals surface area (Å²) in [5, 5.41) is 13.5. The Labute approximate surface area is 176 Å². The molecule has 1 heterocycles. The van der Waals surface area contributed by atoms with Crippen LogP contribution in [0.25, 0.3) is 17.4 Å². The Balaban J connectivity index is 1.84. The molecule has 3 aromatic rings. The number of anilines is 1. The number of nitrogens with one attached hydrogen (secondary N) is 1. The SMILES string of the molecule is Cc1ccc(NC(=O)C(C#N)=Cc2ccc(-c3cc(Cl)ccc3Cl)o2)cc1Cl. The third kappa shape index (κ3) is 4.58. The molecule has 28 heavy (non-hydrogen) atoms. The van der Waals surface area contributed by atoms with Gasteiger partial charge in [-0.25, -0.2) is 0 Å². The molecule has 0 saturated carbocycles. The van der Waals surface area contributed by atoms with Gasteiger partial charge in [0.15, 0.2) is 0 Å². The molecule has 1 N–H and O–H groups in total. The predicted octanol–water partition coefficient (Wildman–Crippen LogP) is 6.76. The number of carbonyl (C=O) groups is 1. The van der Waals surface area contributed by atoms with E-state index in [0.29, 0.717) is 37.8 Å². The molecule has 0 fully saturated rings. The van der Waals surface area contributed by atoms with Crippen molar-refractivity contribution >= 4 is 52.5 Å². The molecule has 0 aliphatic heterocycles. The largest absolute Gasteiger partial charge is 0.457 e. The second-order valence-corrected chi connectivity index (χ2v) is 7.16. The summed E-state index contributed by atoms with van der Waals surface area (Å²) in [5.41, 5.74) is 1.88. The monoisotopic (exact) mass is 430 g/mol. The third-order valence-corrected chi connectivity index (χ3v) is 4.87. The van der Waals surface area contributed by atoms with Gasteiger partial charge >= 0.3 is 0 Å². The number of aryl methyl sites for hydroxylation is 1. The molecule has 0 atom stereocenters. The molecule has 2 aromatic carbocycles. The van der Waals surface area contributed by atoms with Crippen molar-refractivity contribution in [3.05, 3.63) is 80.5 Å². The van der Waals surface area contributed by atoms with Gasteiger partial charge in [0, 0.05) is 27.4 Å². The highest BCUT2D eigenvalue weighted by Crippen LogP contribution is 2.32. The van der Waals surface area contributed by atoms with Crippen LogP contribution in [-0.2, 0) is 4.79 Å². The summed E-state index contributed by atoms with van der Waals surface area (Å²) in [6.45, 7) is 1.86. The Kier molecular flexibility index (Phi) is 6.11. The smallest absolute Gasteiger partial charge is 0.266 e. The van der Waals surface area contributed by atoms with Crippen LogP contribution >= 0.6 is 34.8 Å². The van der Waals surface area contributed by atoms with E-state index >= 15 is 0 Å². The average molecular weight is 432 g/mol. The molecule has 0 radical (unpaired) electrons. The van der Waals surface area contributed by atoms with Crippen LogP contribution in [-0.4, -0.2) is 5.91 Å². The minimum atomic E-state index is -0.568. The Morgan fingerprint density at radius 2 is 1.86 bits per heavy atom. The van der Waals surface area contributed by atoms with E-state index in [9.17, 15) is 10.1 Å². The highest BCUT2D eigenvalue weighted by atomic mass is 35.5. The van der Waals surface area contributed by atoms with E-state index in [2.05, 4.69) is 5.32 Å². The molecule has 1 aromatic heterocycles. The first-order valence-electron chi connectivity index (χ1n) is 8.12. The van der Waals surface area contributed by atoms with Crippen LogP contribution < -0.4 is 5.32 Å². The summed E-state index contributed by atoms with van der Waals surface area (Å²) in [4.78, 5) is 12.4. The van der Waals surface area contributed by atoms with Crippen LogP contribution in [0.5, 0.6) is 0 Å². The molecule has 0 unspecified atom stereocenters. The summed E-state index contributed by atoms with van der Waals surface area (Å²) >= 11 is 18.2. The van der Waals surface area contributed by atoms with Crippen molar-refractivity contribution in [2.45, 2.75) is 6.92 Å². The molecule has 3 rings (SSSR count). The molecule has 0 aliphatic carbocycles. The van der Waals surface area contributed by atoms with E-state index < -0.39 is 5.91 Å². The Hall–Kier alpha value is -2.71. The minimum absolute atomic E-state index is 0.116. The maximum absolute atomic E-state index is 12.4. The van der Waals surface area contributed by atoms with Gasteiger partial charge in [0.1, 0.15) is 23.2 Å². The van der Waals surface area contributed by atoms with E-state index in [-0.39, 0.29) is 5.57 Å². The first kappa shape index (κ1) is 20.0. The van der Waals surface area contributed by atoms with Gasteiger partial charge < -0.3 is 9.73 Å². The van der Waals surface area contributed by atoms with Crippen LogP contribution in [0.15, 0.2) is 58.5 Å². The fourth-order valence-electron chi connectivity index (χ4n) is 2.42. The van der Waals surface area contributed by atoms with Crippen molar-refractivity contribution in [2.75, 3.05) is 5.32 Å². The number of rotatable bonds is 4. The van der Waals surface area contributed by atoms with E-state index in [1.807, 2.05) is 13.0 Å². The van der Waals surface area contributed by atoms with Gasteiger partial charge in [-0.15, -0.1) is 0 Å². The summed E-state index contributed by atoms with van der Waals surface area (Å²) in [5.74, 6) is 0.239. The molecule has 0 spiro atoms. The predicted molar refractivity (Wildman–Crippen MR) is 113 cm³/mol. The number of benzene rings is 2. The maximum atomic E-state index is 12.4. The molecular weight excluding hydrogens is 419 g/mol. The van der Waals surface area contributed by atoms with Crippen molar-refractivity contribution in [2.24, 2.45) is 0 Å².